The van der Waals surface area contributed by atoms with Gasteiger partial charge in [0.15, 0.2) is 0 Å². The summed E-state index contributed by atoms with van der Waals surface area (Å²) in [6, 6.07) is 2.11. The zero-order chi connectivity index (χ0) is 12.5. The van der Waals surface area contributed by atoms with Crippen molar-refractivity contribution in [3.05, 3.63) is 26.6 Å². The Balaban J connectivity index is 1.98. The lowest BCUT2D eigenvalue weighted by Crippen LogP contribution is -2.13. The van der Waals surface area contributed by atoms with Gasteiger partial charge < -0.3 is 5.32 Å². The number of anilines is 1. The van der Waals surface area contributed by atoms with Crippen LogP contribution in [0.2, 0.25) is 0 Å². The molecule has 0 bridgehead atoms. The molecule has 1 N–H and O–H groups in total. The van der Waals surface area contributed by atoms with Crippen LogP contribution < -0.4 is 5.32 Å². The summed E-state index contributed by atoms with van der Waals surface area (Å²) in [6.07, 6.45) is 0. The van der Waals surface area contributed by atoms with Gasteiger partial charge in [-0.05, 0) is 22.0 Å². The fraction of sp³-hybridized carbons (Fsp3) is 0.455. The van der Waals surface area contributed by atoms with E-state index in [1.807, 2.05) is 0 Å². The molecule has 2 heterocycles. The third-order valence-electron chi connectivity index (χ3n) is 2.13. The standard InChI is InChI=1S/C11H14BrN3S2/c1-11(2,3)9-14-10(17-15-9)13-5-8-4-7(12)6-16-8/h4,6H,5H2,1-3H3,(H,13,14,15). The van der Waals surface area contributed by atoms with Gasteiger partial charge in [-0.25, -0.2) is 4.98 Å². The monoisotopic (exact) mass is 331 g/mol. The van der Waals surface area contributed by atoms with Crippen molar-refractivity contribution in [1.82, 2.24) is 9.36 Å². The Kier molecular flexibility index (Phi) is 3.85. The van der Waals surface area contributed by atoms with Crippen LogP contribution in [0.1, 0.15) is 31.5 Å². The highest BCUT2D eigenvalue weighted by atomic mass is 79.9. The molecule has 0 amide bonds. The SMILES string of the molecule is CC(C)(C)c1nsc(NCc2cc(Br)cs2)n1. The summed E-state index contributed by atoms with van der Waals surface area (Å²) in [6.45, 7) is 7.16. The molecule has 17 heavy (non-hydrogen) atoms. The summed E-state index contributed by atoms with van der Waals surface area (Å²) in [5.41, 5.74) is 0.0163. The van der Waals surface area contributed by atoms with Crippen LogP contribution in [0.5, 0.6) is 0 Å². The van der Waals surface area contributed by atoms with E-state index in [9.17, 15) is 0 Å². The highest BCUT2D eigenvalue weighted by Crippen LogP contribution is 2.24. The molecule has 0 saturated carbocycles. The van der Waals surface area contributed by atoms with Gasteiger partial charge in [0.25, 0.3) is 0 Å². The molecule has 2 aromatic rings. The van der Waals surface area contributed by atoms with Crippen molar-refractivity contribution in [1.29, 1.82) is 0 Å². The summed E-state index contributed by atoms with van der Waals surface area (Å²) in [5.74, 6) is 0.900. The lowest BCUT2D eigenvalue weighted by molar-refractivity contribution is 0.555. The number of nitrogens with zero attached hydrogens (tertiary/aromatic N) is 2. The van der Waals surface area contributed by atoms with Crippen LogP contribution in [-0.2, 0) is 12.0 Å². The van der Waals surface area contributed by atoms with E-state index in [1.54, 1.807) is 11.3 Å². The second-order valence-electron chi connectivity index (χ2n) is 4.76. The number of nitrogens with one attached hydrogen (secondary N) is 1. The molecule has 0 aliphatic heterocycles. The maximum atomic E-state index is 4.49. The smallest absolute Gasteiger partial charge is 0.202 e. The normalized spacial score (nSPS) is 11.8. The number of halogens is 1. The Morgan fingerprint density at radius 2 is 2.18 bits per heavy atom. The molecular weight excluding hydrogens is 318 g/mol. The van der Waals surface area contributed by atoms with Crippen LogP contribution >= 0.6 is 38.8 Å². The van der Waals surface area contributed by atoms with Crippen LogP contribution in [0.25, 0.3) is 0 Å². The Bertz CT molecular complexity index is 499. The highest BCUT2D eigenvalue weighted by molar-refractivity contribution is 9.10. The zero-order valence-corrected chi connectivity index (χ0v) is 13.2. The quantitative estimate of drug-likeness (QED) is 0.912. The minimum atomic E-state index is 0.0163. The summed E-state index contributed by atoms with van der Waals surface area (Å²) in [5, 5.41) is 6.27. The van der Waals surface area contributed by atoms with E-state index in [0.29, 0.717) is 0 Å². The van der Waals surface area contributed by atoms with E-state index < -0.39 is 0 Å². The Morgan fingerprint density at radius 1 is 1.41 bits per heavy atom. The molecule has 0 saturated heterocycles. The largest absolute Gasteiger partial charge is 0.355 e. The first kappa shape index (κ1) is 13.0. The van der Waals surface area contributed by atoms with E-state index in [2.05, 4.69) is 62.8 Å². The van der Waals surface area contributed by atoms with Gasteiger partial charge in [-0.1, -0.05) is 20.8 Å². The summed E-state index contributed by atoms with van der Waals surface area (Å²) < 4.78 is 5.50. The lowest BCUT2D eigenvalue weighted by Gasteiger charge is -2.12. The van der Waals surface area contributed by atoms with E-state index >= 15 is 0 Å². The topological polar surface area (TPSA) is 37.8 Å². The highest BCUT2D eigenvalue weighted by Gasteiger charge is 2.19. The summed E-state index contributed by atoms with van der Waals surface area (Å²) in [7, 11) is 0. The van der Waals surface area contributed by atoms with Gasteiger partial charge in [-0.15, -0.1) is 11.3 Å². The number of thiophene rings is 1. The van der Waals surface area contributed by atoms with Crippen molar-refractivity contribution in [2.45, 2.75) is 32.7 Å². The van der Waals surface area contributed by atoms with Crippen LogP contribution in [0.4, 0.5) is 5.13 Å². The van der Waals surface area contributed by atoms with E-state index in [1.165, 1.54) is 16.4 Å². The van der Waals surface area contributed by atoms with Crippen LogP contribution in [0.3, 0.4) is 0 Å². The summed E-state index contributed by atoms with van der Waals surface area (Å²) >= 11 is 6.60. The Morgan fingerprint density at radius 3 is 2.71 bits per heavy atom. The van der Waals surface area contributed by atoms with E-state index in [4.69, 9.17) is 0 Å². The van der Waals surface area contributed by atoms with Gasteiger partial charge >= 0.3 is 0 Å². The fourth-order valence-corrected chi connectivity index (χ4v) is 3.35. The molecule has 0 fully saturated rings. The van der Waals surface area contributed by atoms with E-state index in [0.717, 1.165) is 22.0 Å². The van der Waals surface area contributed by atoms with Crippen LogP contribution in [0.15, 0.2) is 15.9 Å². The molecule has 2 rings (SSSR count). The molecule has 0 spiro atoms. The molecular formula is C11H14BrN3S2. The van der Waals surface area contributed by atoms with Gasteiger partial charge in [0, 0.05) is 31.7 Å². The van der Waals surface area contributed by atoms with Crippen LogP contribution in [-0.4, -0.2) is 9.36 Å². The van der Waals surface area contributed by atoms with Gasteiger partial charge in [-0.2, -0.15) is 4.37 Å². The zero-order valence-electron chi connectivity index (χ0n) is 9.95. The molecule has 0 atom stereocenters. The molecule has 6 heteroatoms. The molecule has 0 aliphatic carbocycles. The maximum Gasteiger partial charge on any atom is 0.202 e. The molecule has 0 aliphatic rings. The number of aromatic nitrogens is 2. The van der Waals surface area contributed by atoms with Gasteiger partial charge in [0.1, 0.15) is 5.82 Å². The van der Waals surface area contributed by atoms with Crippen molar-refractivity contribution >= 4 is 43.9 Å². The van der Waals surface area contributed by atoms with Gasteiger partial charge in [0.2, 0.25) is 5.13 Å². The predicted molar refractivity (Wildman–Crippen MR) is 78.0 cm³/mol. The van der Waals surface area contributed by atoms with Crippen molar-refractivity contribution in [2.75, 3.05) is 5.32 Å². The first-order valence-electron chi connectivity index (χ1n) is 5.26. The number of rotatable bonds is 3. The first-order chi connectivity index (χ1) is 7.95. The molecule has 92 valence electrons. The van der Waals surface area contributed by atoms with Crippen molar-refractivity contribution in [3.63, 3.8) is 0 Å². The van der Waals surface area contributed by atoms with Crippen molar-refractivity contribution < 1.29 is 0 Å². The van der Waals surface area contributed by atoms with Gasteiger partial charge in [0.05, 0.1) is 6.54 Å². The number of hydrogen-bond donors (Lipinski definition) is 1. The fourth-order valence-electron chi connectivity index (χ4n) is 1.21. The maximum absolute atomic E-state index is 4.49. The third-order valence-corrected chi connectivity index (χ3v) is 4.50. The Hall–Kier alpha value is -0.460. The lowest BCUT2D eigenvalue weighted by atomic mass is 9.96. The third kappa shape index (κ3) is 3.50. The van der Waals surface area contributed by atoms with Crippen molar-refractivity contribution in [2.24, 2.45) is 0 Å². The Labute approximate surface area is 118 Å². The molecule has 0 unspecified atom stereocenters. The average molecular weight is 332 g/mol. The predicted octanol–water partition coefficient (Wildman–Crippen LogP) is 4.27. The molecule has 3 nitrogen and oxygen atoms in total. The van der Waals surface area contributed by atoms with E-state index in [-0.39, 0.29) is 5.41 Å². The second kappa shape index (κ2) is 5.04. The number of hydrogen-bond acceptors (Lipinski definition) is 5. The van der Waals surface area contributed by atoms with Crippen LogP contribution in [0, 0.1) is 0 Å². The molecule has 0 aromatic carbocycles. The molecule has 2 aromatic heterocycles. The van der Waals surface area contributed by atoms with Crippen molar-refractivity contribution in [3.8, 4) is 0 Å². The minimum Gasteiger partial charge on any atom is -0.355 e. The van der Waals surface area contributed by atoms with Gasteiger partial charge in [-0.3, -0.25) is 0 Å². The molecule has 0 radical (unpaired) electrons. The average Bonchev–Trinajstić information content (AvgIpc) is 2.82. The summed E-state index contributed by atoms with van der Waals surface area (Å²) in [4.78, 5) is 5.77. The second-order valence-corrected chi connectivity index (χ2v) is 7.42. The minimum absolute atomic E-state index is 0.0163. The first-order valence-corrected chi connectivity index (χ1v) is 7.71.